The molecule has 2 rings (SSSR count). The molecule has 1 fully saturated rings. The zero-order chi connectivity index (χ0) is 17.4. The fraction of sp³-hybridized carbons (Fsp3) is 0.632. The summed E-state index contributed by atoms with van der Waals surface area (Å²) in [6.07, 6.45) is 3.63. The van der Waals surface area contributed by atoms with Crippen molar-refractivity contribution in [2.24, 2.45) is 5.92 Å². The van der Waals surface area contributed by atoms with Crippen LogP contribution in [0, 0.1) is 5.92 Å². The average Bonchev–Trinajstić information content (AvgIpc) is 3.11. The van der Waals surface area contributed by atoms with Gasteiger partial charge in [0.1, 0.15) is 0 Å². The monoisotopic (exact) mass is 334 g/mol. The topological polar surface area (TPSA) is 50.8 Å². The van der Waals surface area contributed by atoms with Crippen LogP contribution in [0.25, 0.3) is 0 Å². The summed E-state index contributed by atoms with van der Waals surface area (Å²) in [5, 5.41) is 3.03. The Bertz CT molecular complexity index is 513. The molecule has 1 saturated heterocycles. The van der Waals surface area contributed by atoms with E-state index in [1.807, 2.05) is 18.2 Å². The van der Waals surface area contributed by atoms with Crippen molar-refractivity contribution in [2.45, 2.75) is 39.2 Å². The summed E-state index contributed by atoms with van der Waals surface area (Å²) in [5.41, 5.74) is 0. The van der Waals surface area contributed by atoms with Crippen LogP contribution in [0.4, 0.5) is 0 Å². The van der Waals surface area contributed by atoms with Crippen molar-refractivity contribution < 1.29 is 14.3 Å². The lowest BCUT2D eigenvalue weighted by atomic mass is 10.0. The Morgan fingerprint density at radius 2 is 1.88 bits per heavy atom. The van der Waals surface area contributed by atoms with E-state index < -0.39 is 0 Å². The van der Waals surface area contributed by atoms with Crippen molar-refractivity contribution in [3.8, 4) is 11.5 Å². The van der Waals surface area contributed by atoms with Gasteiger partial charge in [0.05, 0.1) is 7.11 Å². The van der Waals surface area contributed by atoms with E-state index in [0.29, 0.717) is 30.0 Å². The summed E-state index contributed by atoms with van der Waals surface area (Å²) < 4.78 is 10.8. The second-order valence-electron chi connectivity index (χ2n) is 6.77. The van der Waals surface area contributed by atoms with E-state index in [0.717, 1.165) is 19.5 Å². The van der Waals surface area contributed by atoms with Crippen molar-refractivity contribution in [1.29, 1.82) is 0 Å². The molecule has 0 bridgehead atoms. The van der Waals surface area contributed by atoms with Gasteiger partial charge in [0.15, 0.2) is 18.1 Å². The number of nitrogens with one attached hydrogen (secondary N) is 1. The standard InChI is InChI=1S/C19H30N2O3/c1-15(2)12-16(21-10-6-7-11-21)13-20-19(22)14-24-18-9-5-4-8-17(18)23-3/h4-5,8-9,15-16H,6-7,10-14H2,1-3H3,(H,20,22). The number of benzene rings is 1. The van der Waals surface area contributed by atoms with Gasteiger partial charge in [0.25, 0.3) is 5.91 Å². The normalized spacial score (nSPS) is 16.2. The van der Waals surface area contributed by atoms with Gasteiger partial charge in [0, 0.05) is 12.6 Å². The Morgan fingerprint density at radius 1 is 1.21 bits per heavy atom. The third-order valence-corrected chi connectivity index (χ3v) is 4.36. The van der Waals surface area contributed by atoms with Gasteiger partial charge in [-0.15, -0.1) is 0 Å². The number of carbonyl (C=O) groups is 1. The minimum absolute atomic E-state index is 0.00870. The lowest BCUT2D eigenvalue weighted by Crippen LogP contribution is -2.44. The molecule has 0 spiro atoms. The van der Waals surface area contributed by atoms with Crippen LogP contribution in [0.2, 0.25) is 0 Å². The lowest BCUT2D eigenvalue weighted by molar-refractivity contribution is -0.123. The number of amides is 1. The molecule has 0 aliphatic carbocycles. The highest BCUT2D eigenvalue weighted by atomic mass is 16.5. The summed E-state index contributed by atoms with van der Waals surface area (Å²) in [4.78, 5) is 14.6. The van der Waals surface area contributed by atoms with Crippen molar-refractivity contribution in [1.82, 2.24) is 10.2 Å². The van der Waals surface area contributed by atoms with Gasteiger partial charge in [-0.2, -0.15) is 0 Å². The van der Waals surface area contributed by atoms with E-state index in [1.165, 1.54) is 12.8 Å². The summed E-state index contributed by atoms with van der Waals surface area (Å²) in [7, 11) is 1.59. The Balaban J connectivity index is 1.80. The van der Waals surface area contributed by atoms with E-state index in [1.54, 1.807) is 13.2 Å². The molecule has 0 aromatic heterocycles. The highest BCUT2D eigenvalue weighted by Gasteiger charge is 2.23. The molecule has 1 unspecified atom stereocenters. The molecule has 1 aliphatic rings. The summed E-state index contributed by atoms with van der Waals surface area (Å²) in [6.45, 7) is 7.45. The Labute approximate surface area is 145 Å². The summed E-state index contributed by atoms with van der Waals surface area (Å²) in [6, 6.07) is 7.78. The molecule has 1 aromatic rings. The number of hydrogen-bond acceptors (Lipinski definition) is 4. The molecular formula is C19H30N2O3. The lowest BCUT2D eigenvalue weighted by Gasteiger charge is -2.29. The van der Waals surface area contributed by atoms with Crippen molar-refractivity contribution in [3.05, 3.63) is 24.3 Å². The van der Waals surface area contributed by atoms with Crippen LogP contribution < -0.4 is 14.8 Å². The van der Waals surface area contributed by atoms with E-state index in [9.17, 15) is 4.79 Å². The van der Waals surface area contributed by atoms with Gasteiger partial charge in [-0.25, -0.2) is 0 Å². The number of hydrogen-bond donors (Lipinski definition) is 1. The Hall–Kier alpha value is -1.75. The largest absolute Gasteiger partial charge is 0.493 e. The molecule has 1 atom stereocenters. The first kappa shape index (κ1) is 18.6. The van der Waals surface area contributed by atoms with E-state index in [2.05, 4.69) is 24.1 Å². The maximum atomic E-state index is 12.1. The Kier molecular flexibility index (Phi) is 7.37. The van der Waals surface area contributed by atoms with Crippen LogP contribution >= 0.6 is 0 Å². The third kappa shape index (κ3) is 5.71. The molecule has 5 nitrogen and oxygen atoms in total. The van der Waals surface area contributed by atoms with Gasteiger partial charge in [-0.05, 0) is 50.4 Å². The number of nitrogens with zero attached hydrogens (tertiary/aromatic N) is 1. The number of carbonyl (C=O) groups excluding carboxylic acids is 1. The van der Waals surface area contributed by atoms with Gasteiger partial charge < -0.3 is 14.8 Å². The van der Waals surface area contributed by atoms with Crippen LogP contribution in [0.1, 0.15) is 33.1 Å². The van der Waals surface area contributed by atoms with Gasteiger partial charge in [-0.1, -0.05) is 26.0 Å². The van der Waals surface area contributed by atoms with Gasteiger partial charge in [-0.3, -0.25) is 9.69 Å². The molecule has 1 aromatic carbocycles. The fourth-order valence-electron chi connectivity index (χ4n) is 3.18. The van der Waals surface area contributed by atoms with Crippen molar-refractivity contribution >= 4 is 5.91 Å². The Morgan fingerprint density at radius 3 is 2.50 bits per heavy atom. The maximum Gasteiger partial charge on any atom is 0.257 e. The van der Waals surface area contributed by atoms with Crippen molar-refractivity contribution in [3.63, 3.8) is 0 Å². The first-order chi connectivity index (χ1) is 11.6. The summed E-state index contributed by atoms with van der Waals surface area (Å²) in [5.74, 6) is 1.76. The predicted molar refractivity (Wildman–Crippen MR) is 95.5 cm³/mol. The van der Waals surface area contributed by atoms with E-state index >= 15 is 0 Å². The van der Waals surface area contributed by atoms with Crippen LogP contribution in [-0.4, -0.2) is 50.2 Å². The number of rotatable bonds is 9. The molecule has 0 saturated carbocycles. The predicted octanol–water partition coefficient (Wildman–Crippen LogP) is 2.70. The smallest absolute Gasteiger partial charge is 0.257 e. The zero-order valence-electron chi connectivity index (χ0n) is 15.1. The van der Waals surface area contributed by atoms with Gasteiger partial charge in [0.2, 0.25) is 0 Å². The highest BCUT2D eigenvalue weighted by molar-refractivity contribution is 5.77. The number of methoxy groups -OCH3 is 1. The van der Waals surface area contributed by atoms with Crippen LogP contribution in [0.3, 0.4) is 0 Å². The molecular weight excluding hydrogens is 304 g/mol. The SMILES string of the molecule is COc1ccccc1OCC(=O)NCC(CC(C)C)N1CCCC1. The van der Waals surface area contributed by atoms with E-state index in [-0.39, 0.29) is 12.5 Å². The molecule has 1 N–H and O–H groups in total. The van der Waals surface area contributed by atoms with Crippen LogP contribution in [0.5, 0.6) is 11.5 Å². The molecule has 5 heteroatoms. The molecule has 1 heterocycles. The number of likely N-dealkylation sites (tertiary alicyclic amines) is 1. The minimum atomic E-state index is -0.0890. The average molecular weight is 334 g/mol. The number of ether oxygens (including phenoxy) is 2. The van der Waals surface area contributed by atoms with Crippen molar-refractivity contribution in [2.75, 3.05) is 33.4 Å². The van der Waals surface area contributed by atoms with Crippen LogP contribution in [-0.2, 0) is 4.79 Å². The first-order valence-electron chi connectivity index (χ1n) is 8.86. The van der Waals surface area contributed by atoms with E-state index in [4.69, 9.17) is 9.47 Å². The zero-order valence-corrected chi connectivity index (χ0v) is 15.1. The third-order valence-electron chi connectivity index (χ3n) is 4.36. The molecule has 1 amide bonds. The first-order valence-corrected chi connectivity index (χ1v) is 8.86. The second-order valence-corrected chi connectivity index (χ2v) is 6.77. The van der Waals surface area contributed by atoms with Crippen LogP contribution in [0.15, 0.2) is 24.3 Å². The highest BCUT2D eigenvalue weighted by Crippen LogP contribution is 2.25. The molecule has 134 valence electrons. The quantitative estimate of drug-likeness (QED) is 0.754. The number of para-hydroxylation sites is 2. The maximum absolute atomic E-state index is 12.1. The molecule has 24 heavy (non-hydrogen) atoms. The second kappa shape index (κ2) is 9.52. The minimum Gasteiger partial charge on any atom is -0.493 e. The fourth-order valence-corrected chi connectivity index (χ4v) is 3.18. The summed E-state index contributed by atoms with van der Waals surface area (Å²) >= 11 is 0. The van der Waals surface area contributed by atoms with Gasteiger partial charge >= 0.3 is 0 Å². The molecule has 1 aliphatic heterocycles. The molecule has 0 radical (unpaired) electrons.